The van der Waals surface area contributed by atoms with Gasteiger partial charge in [0.05, 0.1) is 29.0 Å². The number of nitrogens with zero attached hydrogens (tertiary/aromatic N) is 2. The maximum Gasteiger partial charge on any atom is 0.338 e. The second-order valence-corrected chi connectivity index (χ2v) is 10.2. The molecular weight excluding hydrogens is 512 g/mol. The van der Waals surface area contributed by atoms with Crippen molar-refractivity contribution in [1.29, 1.82) is 0 Å². The molecule has 1 atom stereocenters. The Labute approximate surface area is 223 Å². The topological polar surface area (TPSA) is 90.1 Å². The zero-order chi connectivity index (χ0) is 26.9. The summed E-state index contributed by atoms with van der Waals surface area (Å²) in [6, 6.07) is 9.74. The van der Waals surface area contributed by atoms with E-state index in [1.807, 2.05) is 6.07 Å². The van der Waals surface area contributed by atoms with Crippen LogP contribution in [0, 0.1) is 0 Å². The van der Waals surface area contributed by atoms with Crippen molar-refractivity contribution in [2.45, 2.75) is 39.3 Å². The number of phenols is 1. The molecule has 0 fully saturated rings. The highest BCUT2D eigenvalue weighted by Gasteiger charge is 2.34. The van der Waals surface area contributed by atoms with Crippen LogP contribution in [0.3, 0.4) is 0 Å². The van der Waals surface area contributed by atoms with E-state index >= 15 is 0 Å². The number of allylic oxidation sites excluding steroid dienone is 2. The van der Waals surface area contributed by atoms with Crippen molar-refractivity contribution in [3.8, 4) is 11.5 Å². The zero-order valence-electron chi connectivity index (χ0n) is 20.9. The predicted molar refractivity (Wildman–Crippen MR) is 145 cm³/mol. The molecule has 1 unspecified atom stereocenters. The molecule has 1 aliphatic rings. The maximum atomic E-state index is 13.8. The predicted octanol–water partition coefficient (Wildman–Crippen LogP) is 4.28. The number of hydrogen-bond donors (Lipinski definition) is 1. The average molecular weight is 539 g/mol. The van der Waals surface area contributed by atoms with E-state index in [1.54, 1.807) is 63.3 Å². The first kappa shape index (κ1) is 26.4. The molecule has 1 N–H and O–H groups in total. The largest absolute Gasteiger partial charge is 0.504 e. The number of halogens is 1. The summed E-state index contributed by atoms with van der Waals surface area (Å²) in [6.07, 6.45) is 3.47. The molecule has 9 heteroatoms. The van der Waals surface area contributed by atoms with E-state index in [-0.39, 0.29) is 23.0 Å². The zero-order valence-corrected chi connectivity index (χ0v) is 22.5. The van der Waals surface area contributed by atoms with Crippen LogP contribution in [0.5, 0.6) is 11.5 Å². The van der Waals surface area contributed by atoms with Gasteiger partial charge in [0, 0.05) is 10.6 Å². The molecule has 0 saturated carbocycles. The van der Waals surface area contributed by atoms with Gasteiger partial charge >= 0.3 is 5.97 Å². The molecule has 2 heterocycles. The molecule has 0 amide bonds. The van der Waals surface area contributed by atoms with E-state index in [4.69, 9.17) is 21.1 Å². The summed E-state index contributed by atoms with van der Waals surface area (Å²) in [5.41, 5.74) is 2.29. The van der Waals surface area contributed by atoms with Crippen LogP contribution < -0.4 is 19.6 Å². The molecule has 37 heavy (non-hydrogen) atoms. The second-order valence-electron chi connectivity index (χ2n) is 8.78. The molecule has 3 aromatic rings. The molecule has 0 saturated heterocycles. The monoisotopic (exact) mass is 538 g/mol. The summed E-state index contributed by atoms with van der Waals surface area (Å²) in [7, 11) is 1.47. The summed E-state index contributed by atoms with van der Waals surface area (Å²) in [4.78, 5) is 32.0. The summed E-state index contributed by atoms with van der Waals surface area (Å²) < 4.78 is 12.7. The number of ether oxygens (including phenoxy) is 2. The van der Waals surface area contributed by atoms with Gasteiger partial charge in [-0.2, -0.15) is 0 Å². The van der Waals surface area contributed by atoms with Crippen LogP contribution in [0.25, 0.3) is 6.08 Å². The third kappa shape index (κ3) is 5.12. The Hall–Kier alpha value is -3.62. The van der Waals surface area contributed by atoms with Gasteiger partial charge in [0.2, 0.25) is 0 Å². The van der Waals surface area contributed by atoms with Gasteiger partial charge in [-0.25, -0.2) is 9.79 Å². The van der Waals surface area contributed by atoms with Crippen LogP contribution in [-0.4, -0.2) is 28.9 Å². The second kappa shape index (κ2) is 10.8. The fourth-order valence-corrected chi connectivity index (χ4v) is 5.53. The average Bonchev–Trinajstić information content (AvgIpc) is 3.14. The Morgan fingerprint density at radius 2 is 2.05 bits per heavy atom. The number of hydrogen-bond acceptors (Lipinski definition) is 7. The normalized spacial score (nSPS) is 15.4. The minimum atomic E-state index is -0.802. The smallest absolute Gasteiger partial charge is 0.338 e. The van der Waals surface area contributed by atoms with Crippen molar-refractivity contribution in [2.75, 3.05) is 7.11 Å². The number of fused-ring (bicyclic) bond motifs is 1. The minimum absolute atomic E-state index is 0.0312. The molecule has 1 aromatic heterocycles. The SMILES string of the molecule is C=CCc1cc(C=c2sc3n(c2=O)C(c2ccccc2Cl)C(C(=O)OC(C)C)=C(C)N=3)cc(OC)c1O. The van der Waals surface area contributed by atoms with E-state index in [1.165, 1.54) is 23.0 Å². The van der Waals surface area contributed by atoms with Gasteiger partial charge in [-0.05, 0) is 62.6 Å². The number of rotatable bonds is 7. The Morgan fingerprint density at radius 1 is 1.32 bits per heavy atom. The fraction of sp³-hybridized carbons (Fsp3) is 0.250. The minimum Gasteiger partial charge on any atom is -0.504 e. The number of esters is 1. The fourth-order valence-electron chi connectivity index (χ4n) is 4.24. The maximum absolute atomic E-state index is 13.8. The van der Waals surface area contributed by atoms with Crippen molar-refractivity contribution in [2.24, 2.45) is 4.99 Å². The van der Waals surface area contributed by atoms with Crippen molar-refractivity contribution in [1.82, 2.24) is 4.57 Å². The van der Waals surface area contributed by atoms with Gasteiger partial charge in [-0.1, -0.05) is 47.2 Å². The van der Waals surface area contributed by atoms with Crippen LogP contribution >= 0.6 is 22.9 Å². The molecule has 2 aromatic carbocycles. The van der Waals surface area contributed by atoms with Gasteiger partial charge in [0.1, 0.15) is 6.04 Å². The van der Waals surface area contributed by atoms with Crippen LogP contribution in [0.4, 0.5) is 0 Å². The molecule has 7 nitrogen and oxygen atoms in total. The van der Waals surface area contributed by atoms with Crippen molar-refractivity contribution in [3.63, 3.8) is 0 Å². The lowest BCUT2D eigenvalue weighted by Crippen LogP contribution is -2.40. The lowest BCUT2D eigenvalue weighted by molar-refractivity contribution is -0.143. The molecule has 4 rings (SSSR count). The number of thiazole rings is 1. The van der Waals surface area contributed by atoms with Crippen molar-refractivity contribution < 1.29 is 19.4 Å². The lowest BCUT2D eigenvalue weighted by Gasteiger charge is -2.26. The Kier molecular flexibility index (Phi) is 7.71. The first-order valence-electron chi connectivity index (χ1n) is 11.6. The third-order valence-electron chi connectivity index (χ3n) is 5.84. The Bertz CT molecular complexity index is 1600. The van der Waals surface area contributed by atoms with Gasteiger partial charge in [-0.15, -0.1) is 6.58 Å². The van der Waals surface area contributed by atoms with Crippen molar-refractivity contribution >= 4 is 35.0 Å². The van der Waals surface area contributed by atoms with E-state index in [9.17, 15) is 14.7 Å². The van der Waals surface area contributed by atoms with Gasteiger partial charge in [0.15, 0.2) is 16.3 Å². The first-order chi connectivity index (χ1) is 17.7. The standard InChI is InChI=1S/C28H27ClN2O5S/c1-6-9-18-12-17(13-21(35-5)25(18)32)14-22-26(33)31-24(19-10-7-8-11-20(19)29)23(27(34)36-15(2)3)16(4)30-28(31)37-22/h6-8,10-15,24,32H,1,9H2,2-5H3. The third-order valence-corrected chi connectivity index (χ3v) is 7.17. The number of aromatic hydroxyl groups is 1. The molecule has 0 aliphatic carbocycles. The van der Waals surface area contributed by atoms with E-state index < -0.39 is 12.0 Å². The quantitative estimate of drug-likeness (QED) is 0.358. The van der Waals surface area contributed by atoms with E-state index in [0.29, 0.717) is 48.9 Å². The summed E-state index contributed by atoms with van der Waals surface area (Å²) in [5.74, 6) is -0.224. The summed E-state index contributed by atoms with van der Waals surface area (Å²) >= 11 is 7.77. The molecule has 0 bridgehead atoms. The van der Waals surface area contributed by atoms with Gasteiger partial charge in [0.25, 0.3) is 5.56 Å². The molecule has 1 aliphatic heterocycles. The lowest BCUT2D eigenvalue weighted by atomic mass is 9.96. The molecule has 192 valence electrons. The number of carbonyl (C=O) groups excluding carboxylic acids is 1. The number of aromatic nitrogens is 1. The highest BCUT2D eigenvalue weighted by molar-refractivity contribution is 7.07. The Balaban J connectivity index is 1.96. The Morgan fingerprint density at radius 3 is 2.70 bits per heavy atom. The number of carbonyl (C=O) groups is 1. The highest BCUT2D eigenvalue weighted by atomic mass is 35.5. The van der Waals surface area contributed by atoms with E-state index in [2.05, 4.69) is 11.6 Å². The van der Waals surface area contributed by atoms with Crippen LogP contribution in [-0.2, 0) is 16.0 Å². The summed E-state index contributed by atoms with van der Waals surface area (Å²) in [5, 5.41) is 10.9. The van der Waals surface area contributed by atoms with Crippen LogP contribution in [0.2, 0.25) is 5.02 Å². The number of benzene rings is 2. The number of methoxy groups -OCH3 is 1. The van der Waals surface area contributed by atoms with Crippen molar-refractivity contribution in [3.05, 3.63) is 102 Å². The molecular formula is C28H27ClN2O5S. The van der Waals surface area contributed by atoms with E-state index in [0.717, 1.165) is 0 Å². The van der Waals surface area contributed by atoms with Gasteiger partial charge < -0.3 is 14.6 Å². The van der Waals surface area contributed by atoms with Crippen LogP contribution in [0.15, 0.2) is 70.1 Å². The first-order valence-corrected chi connectivity index (χ1v) is 12.8. The number of phenolic OH excluding ortho intramolecular Hbond substituents is 1. The highest BCUT2D eigenvalue weighted by Crippen LogP contribution is 2.35. The summed E-state index contributed by atoms with van der Waals surface area (Å²) in [6.45, 7) is 8.99. The van der Waals surface area contributed by atoms with Gasteiger partial charge in [-0.3, -0.25) is 9.36 Å². The van der Waals surface area contributed by atoms with Crippen LogP contribution in [0.1, 0.15) is 43.5 Å². The molecule has 0 spiro atoms. The molecule has 0 radical (unpaired) electrons.